The Labute approximate surface area is 122 Å². The minimum absolute atomic E-state index is 0.0464. The number of nitrogens with one attached hydrogen (secondary N) is 1. The highest BCUT2D eigenvalue weighted by Gasteiger charge is 2.35. The van der Waals surface area contributed by atoms with Gasteiger partial charge in [0.2, 0.25) is 0 Å². The first kappa shape index (κ1) is 14.2. The Morgan fingerprint density at radius 1 is 1.33 bits per heavy atom. The number of hydrogen-bond donors (Lipinski definition) is 2. The van der Waals surface area contributed by atoms with Crippen molar-refractivity contribution < 1.29 is 19.4 Å². The van der Waals surface area contributed by atoms with Crippen LogP contribution in [0.5, 0.6) is 5.75 Å². The third-order valence-corrected chi connectivity index (χ3v) is 3.88. The fraction of sp³-hybridized carbons (Fsp3) is 0.571. The van der Waals surface area contributed by atoms with E-state index in [4.69, 9.17) is 9.47 Å². The number of amides is 1. The van der Waals surface area contributed by atoms with Crippen molar-refractivity contribution in [3.8, 4) is 5.75 Å². The summed E-state index contributed by atoms with van der Waals surface area (Å²) in [6.45, 7) is 4.17. The van der Waals surface area contributed by atoms with Crippen LogP contribution in [0.1, 0.15) is 10.5 Å². The van der Waals surface area contributed by atoms with E-state index in [-0.39, 0.29) is 29.4 Å². The van der Waals surface area contributed by atoms with Crippen molar-refractivity contribution in [2.75, 3.05) is 39.5 Å². The molecule has 0 aromatic carbocycles. The molecule has 0 aliphatic carbocycles. The van der Waals surface area contributed by atoms with Gasteiger partial charge in [-0.05, 0) is 12.1 Å². The molecule has 2 atom stereocenters. The summed E-state index contributed by atoms with van der Waals surface area (Å²) in [5.74, 6) is -0.487. The molecule has 2 N–H and O–H groups in total. The fourth-order valence-corrected chi connectivity index (χ4v) is 2.76. The van der Waals surface area contributed by atoms with E-state index in [2.05, 4.69) is 15.2 Å². The van der Waals surface area contributed by atoms with Gasteiger partial charge < -0.3 is 19.9 Å². The van der Waals surface area contributed by atoms with Gasteiger partial charge in [-0.15, -0.1) is 0 Å². The van der Waals surface area contributed by atoms with Crippen LogP contribution in [0, 0.1) is 0 Å². The number of rotatable bonds is 3. The smallest absolute Gasteiger partial charge is 0.274 e. The van der Waals surface area contributed by atoms with E-state index >= 15 is 0 Å². The lowest BCUT2D eigenvalue weighted by Crippen LogP contribution is -2.54. The minimum atomic E-state index is -0.373. The molecule has 3 heterocycles. The summed E-state index contributed by atoms with van der Waals surface area (Å²) in [5.41, 5.74) is 0.0464. The molecule has 21 heavy (non-hydrogen) atoms. The van der Waals surface area contributed by atoms with E-state index in [1.165, 1.54) is 12.3 Å². The van der Waals surface area contributed by atoms with Gasteiger partial charge in [0.05, 0.1) is 38.5 Å². The maximum Gasteiger partial charge on any atom is 0.274 e. The molecule has 7 nitrogen and oxygen atoms in total. The topological polar surface area (TPSA) is 83.9 Å². The van der Waals surface area contributed by atoms with Crippen LogP contribution in [0.3, 0.4) is 0 Å². The van der Waals surface area contributed by atoms with Crippen molar-refractivity contribution in [2.45, 2.75) is 12.1 Å². The lowest BCUT2D eigenvalue weighted by molar-refractivity contribution is 0.0108. The predicted molar refractivity (Wildman–Crippen MR) is 74.2 cm³/mol. The quantitative estimate of drug-likeness (QED) is 0.790. The van der Waals surface area contributed by atoms with Crippen LogP contribution in [0.4, 0.5) is 0 Å². The molecule has 1 amide bonds. The second-order valence-electron chi connectivity index (χ2n) is 5.20. The molecule has 2 aliphatic rings. The van der Waals surface area contributed by atoms with Crippen molar-refractivity contribution in [3.63, 3.8) is 0 Å². The second kappa shape index (κ2) is 6.38. The van der Waals surface area contributed by atoms with Crippen molar-refractivity contribution in [1.82, 2.24) is 15.2 Å². The normalized spacial score (nSPS) is 26.7. The standard InChI is InChI=1S/C14H19N3O4/c18-12-2-1-3-15-13(12)14(19)16-10-8-21-9-11(10)17-4-6-20-7-5-17/h1-3,10-11,18H,4-9H2,(H,16,19)/t10-,11-/m0/s1. The Morgan fingerprint density at radius 3 is 2.90 bits per heavy atom. The van der Waals surface area contributed by atoms with Gasteiger partial charge in [-0.25, -0.2) is 4.98 Å². The summed E-state index contributed by atoms with van der Waals surface area (Å²) >= 11 is 0. The number of hydrogen-bond acceptors (Lipinski definition) is 6. The first-order valence-electron chi connectivity index (χ1n) is 7.10. The summed E-state index contributed by atoms with van der Waals surface area (Å²) in [6.07, 6.45) is 1.49. The summed E-state index contributed by atoms with van der Waals surface area (Å²) in [4.78, 5) is 18.4. The molecule has 0 radical (unpaired) electrons. The van der Waals surface area contributed by atoms with Gasteiger partial charge in [0.25, 0.3) is 5.91 Å². The molecule has 114 valence electrons. The van der Waals surface area contributed by atoms with Gasteiger partial charge >= 0.3 is 0 Å². The lowest BCUT2D eigenvalue weighted by atomic mass is 10.1. The zero-order valence-corrected chi connectivity index (χ0v) is 11.7. The number of carbonyl (C=O) groups is 1. The van der Waals surface area contributed by atoms with Crippen molar-refractivity contribution in [3.05, 3.63) is 24.0 Å². The van der Waals surface area contributed by atoms with Gasteiger partial charge in [0.15, 0.2) is 5.69 Å². The fourth-order valence-electron chi connectivity index (χ4n) is 2.76. The molecule has 0 spiro atoms. The average molecular weight is 293 g/mol. The Bertz CT molecular complexity index is 505. The van der Waals surface area contributed by atoms with Crippen molar-refractivity contribution in [1.29, 1.82) is 0 Å². The lowest BCUT2D eigenvalue weighted by Gasteiger charge is -2.34. The van der Waals surface area contributed by atoms with Crippen LogP contribution in [-0.2, 0) is 9.47 Å². The number of pyridine rings is 1. The van der Waals surface area contributed by atoms with E-state index < -0.39 is 0 Å². The van der Waals surface area contributed by atoms with E-state index in [9.17, 15) is 9.90 Å². The molecule has 7 heteroatoms. The first-order valence-corrected chi connectivity index (χ1v) is 7.10. The zero-order valence-electron chi connectivity index (χ0n) is 11.7. The van der Waals surface area contributed by atoms with E-state index in [0.717, 1.165) is 13.1 Å². The number of ether oxygens (including phenoxy) is 2. The van der Waals surface area contributed by atoms with Crippen molar-refractivity contribution >= 4 is 5.91 Å². The van der Waals surface area contributed by atoms with Crippen LogP contribution >= 0.6 is 0 Å². The maximum absolute atomic E-state index is 12.2. The zero-order chi connectivity index (χ0) is 14.7. The van der Waals surface area contributed by atoms with Gasteiger partial charge in [-0.2, -0.15) is 0 Å². The molecule has 3 rings (SSSR count). The molecule has 2 saturated heterocycles. The summed E-state index contributed by atoms with van der Waals surface area (Å²) in [5, 5.41) is 12.6. The monoisotopic (exact) mass is 293 g/mol. The van der Waals surface area contributed by atoms with E-state index in [1.54, 1.807) is 6.07 Å². The molecule has 0 saturated carbocycles. The van der Waals surface area contributed by atoms with Crippen LogP contribution < -0.4 is 5.32 Å². The molecule has 0 bridgehead atoms. The Kier molecular flexibility index (Phi) is 4.33. The maximum atomic E-state index is 12.2. The second-order valence-corrected chi connectivity index (χ2v) is 5.20. The molecule has 2 aliphatic heterocycles. The molecule has 1 aromatic heterocycles. The Morgan fingerprint density at radius 2 is 2.14 bits per heavy atom. The van der Waals surface area contributed by atoms with Crippen LogP contribution in [-0.4, -0.2) is 72.5 Å². The number of aromatic nitrogens is 1. The highest BCUT2D eigenvalue weighted by Crippen LogP contribution is 2.17. The molecule has 1 aromatic rings. The Balaban J connectivity index is 1.66. The van der Waals surface area contributed by atoms with Gasteiger partial charge in [-0.1, -0.05) is 0 Å². The number of carbonyl (C=O) groups excluding carboxylic acids is 1. The number of nitrogens with zero attached hydrogens (tertiary/aromatic N) is 2. The van der Waals surface area contributed by atoms with E-state index in [0.29, 0.717) is 26.4 Å². The summed E-state index contributed by atoms with van der Waals surface area (Å²) in [7, 11) is 0. The SMILES string of the molecule is O=C(N[C@H]1COC[C@@H]1N1CCOCC1)c1ncccc1O. The molecular weight excluding hydrogens is 274 g/mol. The van der Waals surface area contributed by atoms with Crippen LogP contribution in [0.25, 0.3) is 0 Å². The summed E-state index contributed by atoms with van der Waals surface area (Å²) < 4.78 is 10.9. The van der Waals surface area contributed by atoms with Gasteiger partial charge in [0.1, 0.15) is 5.75 Å². The van der Waals surface area contributed by atoms with Crippen LogP contribution in [0.15, 0.2) is 18.3 Å². The summed E-state index contributed by atoms with van der Waals surface area (Å²) in [6, 6.07) is 3.08. The number of aromatic hydroxyl groups is 1. The number of morpholine rings is 1. The molecule has 0 unspecified atom stereocenters. The van der Waals surface area contributed by atoms with Crippen molar-refractivity contribution in [2.24, 2.45) is 0 Å². The van der Waals surface area contributed by atoms with Gasteiger partial charge in [0, 0.05) is 19.3 Å². The largest absolute Gasteiger partial charge is 0.505 e. The highest BCUT2D eigenvalue weighted by molar-refractivity contribution is 5.95. The van der Waals surface area contributed by atoms with E-state index in [1.807, 2.05) is 0 Å². The molecular formula is C14H19N3O4. The Hall–Kier alpha value is -1.70. The third-order valence-electron chi connectivity index (χ3n) is 3.88. The first-order chi connectivity index (χ1) is 10.3. The third kappa shape index (κ3) is 3.15. The molecule has 2 fully saturated rings. The predicted octanol–water partition coefficient (Wildman–Crippen LogP) is -0.383. The van der Waals surface area contributed by atoms with Crippen LogP contribution in [0.2, 0.25) is 0 Å². The average Bonchev–Trinajstić information content (AvgIpc) is 2.96. The minimum Gasteiger partial charge on any atom is -0.505 e. The van der Waals surface area contributed by atoms with Gasteiger partial charge in [-0.3, -0.25) is 9.69 Å². The highest BCUT2D eigenvalue weighted by atomic mass is 16.5.